The number of ether oxygens (including phenoxy) is 1. The molecule has 0 bridgehead atoms. The molecule has 0 aromatic heterocycles. The van der Waals surface area contributed by atoms with E-state index in [1.165, 1.54) is 25.7 Å². The van der Waals surface area contributed by atoms with Crippen molar-refractivity contribution in [3.05, 3.63) is 12.7 Å². The first-order valence-corrected chi connectivity index (χ1v) is 6.06. The first kappa shape index (κ1) is 14.7. The van der Waals surface area contributed by atoms with Crippen molar-refractivity contribution in [2.75, 3.05) is 7.11 Å². The van der Waals surface area contributed by atoms with E-state index in [4.69, 9.17) is 4.74 Å². The van der Waals surface area contributed by atoms with Crippen molar-refractivity contribution in [2.24, 2.45) is 0 Å². The van der Waals surface area contributed by atoms with Crippen LogP contribution in [0, 0.1) is 0 Å². The van der Waals surface area contributed by atoms with Crippen LogP contribution in [-0.4, -0.2) is 24.4 Å². The molecule has 90 valence electrons. The molecule has 0 saturated heterocycles. The molecule has 0 spiro atoms. The second-order valence-electron chi connectivity index (χ2n) is 4.12. The highest BCUT2D eigenvalue weighted by atomic mass is 16.5. The maximum Gasteiger partial charge on any atom is 0.0599 e. The largest absolute Gasteiger partial charge is 0.393 e. The highest BCUT2D eigenvalue weighted by Gasteiger charge is 2.12. The summed E-state index contributed by atoms with van der Waals surface area (Å²) in [5, 5.41) is 9.60. The van der Waals surface area contributed by atoms with Crippen LogP contribution in [-0.2, 0) is 4.74 Å². The third-order valence-corrected chi connectivity index (χ3v) is 2.69. The Morgan fingerprint density at radius 2 is 2.07 bits per heavy atom. The second-order valence-corrected chi connectivity index (χ2v) is 4.12. The van der Waals surface area contributed by atoms with E-state index in [0.717, 1.165) is 12.8 Å². The number of hydrogen-bond acceptors (Lipinski definition) is 2. The van der Waals surface area contributed by atoms with Crippen LogP contribution < -0.4 is 0 Å². The number of aliphatic hydroxyl groups is 1. The second kappa shape index (κ2) is 10.2. The molecular weight excluding hydrogens is 188 g/mol. The fourth-order valence-corrected chi connectivity index (χ4v) is 1.72. The highest BCUT2D eigenvalue weighted by Crippen LogP contribution is 2.13. The molecule has 0 rings (SSSR count). The lowest BCUT2D eigenvalue weighted by molar-refractivity contribution is 0.0398. The molecule has 0 aliphatic rings. The van der Waals surface area contributed by atoms with E-state index in [1.54, 1.807) is 13.2 Å². The minimum Gasteiger partial charge on any atom is -0.393 e. The van der Waals surface area contributed by atoms with Crippen LogP contribution in [0.2, 0.25) is 0 Å². The molecule has 15 heavy (non-hydrogen) atoms. The summed E-state index contributed by atoms with van der Waals surface area (Å²) >= 11 is 0. The first-order chi connectivity index (χ1) is 7.24. The lowest BCUT2D eigenvalue weighted by Gasteiger charge is -2.18. The topological polar surface area (TPSA) is 29.5 Å². The van der Waals surface area contributed by atoms with Gasteiger partial charge in [0, 0.05) is 7.11 Å². The van der Waals surface area contributed by atoms with Gasteiger partial charge in [0.25, 0.3) is 0 Å². The van der Waals surface area contributed by atoms with Gasteiger partial charge in [-0.15, -0.1) is 6.58 Å². The monoisotopic (exact) mass is 214 g/mol. The van der Waals surface area contributed by atoms with E-state index in [0.29, 0.717) is 6.42 Å². The van der Waals surface area contributed by atoms with Crippen LogP contribution >= 0.6 is 0 Å². The maximum atomic E-state index is 9.60. The molecule has 0 aromatic carbocycles. The van der Waals surface area contributed by atoms with Crippen molar-refractivity contribution in [3.8, 4) is 0 Å². The standard InChI is InChI=1S/C13H26O2/c1-4-6-7-8-10-13(15-3)11-12(14)9-5-2/h5,12-14H,2,4,6-11H2,1,3H3/t12-,13-/m1/s1. The van der Waals surface area contributed by atoms with Crippen LogP contribution in [0.15, 0.2) is 12.7 Å². The molecule has 0 aliphatic carbocycles. The van der Waals surface area contributed by atoms with Crippen molar-refractivity contribution in [1.29, 1.82) is 0 Å². The predicted molar refractivity (Wildman–Crippen MR) is 65.0 cm³/mol. The minimum atomic E-state index is -0.293. The number of methoxy groups -OCH3 is 1. The summed E-state index contributed by atoms with van der Waals surface area (Å²) in [6.07, 6.45) is 9.15. The zero-order chi connectivity index (χ0) is 11.5. The van der Waals surface area contributed by atoms with Crippen LogP contribution in [0.5, 0.6) is 0 Å². The smallest absolute Gasteiger partial charge is 0.0599 e. The van der Waals surface area contributed by atoms with Crippen LogP contribution in [0.3, 0.4) is 0 Å². The number of rotatable bonds is 10. The Morgan fingerprint density at radius 3 is 2.60 bits per heavy atom. The summed E-state index contributed by atoms with van der Waals surface area (Å²) in [7, 11) is 1.73. The van der Waals surface area contributed by atoms with E-state index in [2.05, 4.69) is 13.5 Å². The molecule has 0 unspecified atom stereocenters. The Labute approximate surface area is 94.3 Å². The summed E-state index contributed by atoms with van der Waals surface area (Å²) in [6, 6.07) is 0. The summed E-state index contributed by atoms with van der Waals surface area (Å²) in [5.74, 6) is 0. The number of aliphatic hydroxyl groups excluding tert-OH is 1. The Hall–Kier alpha value is -0.340. The lowest BCUT2D eigenvalue weighted by atomic mass is 10.0. The molecule has 0 radical (unpaired) electrons. The van der Waals surface area contributed by atoms with Gasteiger partial charge in [-0.05, 0) is 19.3 Å². The van der Waals surface area contributed by atoms with Gasteiger partial charge in [0.2, 0.25) is 0 Å². The van der Waals surface area contributed by atoms with Gasteiger partial charge in [-0.25, -0.2) is 0 Å². The lowest BCUT2D eigenvalue weighted by Crippen LogP contribution is -2.19. The molecule has 2 atom stereocenters. The van der Waals surface area contributed by atoms with Crippen LogP contribution in [0.4, 0.5) is 0 Å². The fourth-order valence-electron chi connectivity index (χ4n) is 1.72. The van der Waals surface area contributed by atoms with Gasteiger partial charge in [-0.3, -0.25) is 0 Å². The van der Waals surface area contributed by atoms with E-state index in [1.807, 2.05) is 0 Å². The van der Waals surface area contributed by atoms with Gasteiger partial charge in [0.15, 0.2) is 0 Å². The van der Waals surface area contributed by atoms with Crippen LogP contribution in [0.25, 0.3) is 0 Å². The summed E-state index contributed by atoms with van der Waals surface area (Å²) in [5.41, 5.74) is 0. The van der Waals surface area contributed by atoms with Crippen molar-refractivity contribution in [2.45, 2.75) is 64.1 Å². The van der Waals surface area contributed by atoms with E-state index in [9.17, 15) is 5.11 Å². The zero-order valence-corrected chi connectivity index (χ0v) is 10.2. The van der Waals surface area contributed by atoms with Crippen molar-refractivity contribution in [3.63, 3.8) is 0 Å². The molecule has 0 aromatic rings. The van der Waals surface area contributed by atoms with Crippen molar-refractivity contribution < 1.29 is 9.84 Å². The van der Waals surface area contributed by atoms with Crippen LogP contribution in [0.1, 0.15) is 51.9 Å². The highest BCUT2D eigenvalue weighted by molar-refractivity contribution is 4.75. The van der Waals surface area contributed by atoms with Gasteiger partial charge in [0.05, 0.1) is 12.2 Å². The average Bonchev–Trinajstić information content (AvgIpc) is 2.23. The molecule has 2 nitrogen and oxygen atoms in total. The fraction of sp³-hybridized carbons (Fsp3) is 0.846. The third kappa shape index (κ3) is 8.64. The van der Waals surface area contributed by atoms with Gasteiger partial charge in [0.1, 0.15) is 0 Å². The maximum absolute atomic E-state index is 9.60. The molecule has 1 N–H and O–H groups in total. The minimum absolute atomic E-state index is 0.205. The van der Waals surface area contributed by atoms with E-state index in [-0.39, 0.29) is 12.2 Å². The molecule has 0 heterocycles. The Balaban J connectivity index is 3.57. The summed E-state index contributed by atoms with van der Waals surface area (Å²) in [4.78, 5) is 0. The number of unbranched alkanes of at least 4 members (excludes halogenated alkanes) is 3. The first-order valence-electron chi connectivity index (χ1n) is 6.06. The quantitative estimate of drug-likeness (QED) is 0.446. The van der Waals surface area contributed by atoms with Crippen molar-refractivity contribution in [1.82, 2.24) is 0 Å². The molecular formula is C13H26O2. The number of hydrogen-bond donors (Lipinski definition) is 1. The SMILES string of the molecule is C=CC[C@@H](O)C[C@@H](CCCCCC)OC. The predicted octanol–water partition coefficient (Wildman–Crippen LogP) is 3.30. The van der Waals surface area contributed by atoms with Gasteiger partial charge in [-0.2, -0.15) is 0 Å². The molecule has 0 aliphatic heterocycles. The average molecular weight is 214 g/mol. The Morgan fingerprint density at radius 1 is 1.33 bits per heavy atom. The summed E-state index contributed by atoms with van der Waals surface area (Å²) in [6.45, 7) is 5.83. The van der Waals surface area contributed by atoms with Gasteiger partial charge < -0.3 is 9.84 Å². The van der Waals surface area contributed by atoms with Gasteiger partial charge in [-0.1, -0.05) is 38.7 Å². The zero-order valence-electron chi connectivity index (χ0n) is 10.2. The Bertz CT molecular complexity index is 145. The summed E-state index contributed by atoms with van der Waals surface area (Å²) < 4.78 is 5.35. The third-order valence-electron chi connectivity index (χ3n) is 2.69. The molecule has 2 heteroatoms. The normalized spacial score (nSPS) is 14.9. The van der Waals surface area contributed by atoms with E-state index < -0.39 is 0 Å². The molecule has 0 fully saturated rings. The Kier molecular flexibility index (Phi) is 9.96. The van der Waals surface area contributed by atoms with E-state index >= 15 is 0 Å². The molecule has 0 amide bonds. The van der Waals surface area contributed by atoms with Crippen molar-refractivity contribution >= 4 is 0 Å². The molecule has 0 saturated carbocycles. The van der Waals surface area contributed by atoms with Gasteiger partial charge >= 0.3 is 0 Å².